The molecule has 0 aliphatic heterocycles. The van der Waals surface area contributed by atoms with E-state index in [9.17, 15) is 13.6 Å². The number of rotatable bonds is 5. The molecule has 1 N–H and O–H groups in total. The van der Waals surface area contributed by atoms with E-state index in [1.165, 1.54) is 0 Å². The topological polar surface area (TPSA) is 29.1 Å². The average Bonchev–Trinajstić information content (AvgIpc) is 2.23. The fourth-order valence-corrected chi connectivity index (χ4v) is 2.20. The third-order valence-electron chi connectivity index (χ3n) is 3.17. The summed E-state index contributed by atoms with van der Waals surface area (Å²) < 4.78 is 25.8. The Morgan fingerprint density at radius 2 is 2.06 bits per heavy atom. The van der Waals surface area contributed by atoms with Crippen LogP contribution in [-0.2, 0) is 4.79 Å². The average molecular weight is 268 g/mol. The van der Waals surface area contributed by atoms with Gasteiger partial charge in [-0.3, -0.25) is 4.79 Å². The number of halogens is 3. The Bertz CT molecular complexity index is 249. The van der Waals surface area contributed by atoms with E-state index in [1.807, 2.05) is 6.92 Å². The molecule has 1 aliphatic rings. The van der Waals surface area contributed by atoms with Crippen molar-refractivity contribution >= 4 is 17.5 Å². The number of carbonyl (C=O) groups excluding carboxylic acids is 1. The lowest BCUT2D eigenvalue weighted by Crippen LogP contribution is -2.36. The Kier molecular flexibility index (Phi) is 5.63. The highest BCUT2D eigenvalue weighted by Crippen LogP contribution is 2.36. The highest BCUT2D eigenvalue weighted by atomic mass is 35.5. The second kappa shape index (κ2) is 6.53. The zero-order valence-corrected chi connectivity index (χ0v) is 10.9. The Hall–Kier alpha value is -0.380. The summed E-state index contributed by atoms with van der Waals surface area (Å²) in [6.45, 7) is 2.50. The van der Waals surface area contributed by atoms with Gasteiger partial charge in [0.25, 0.3) is 0 Å². The summed E-state index contributed by atoms with van der Waals surface area (Å²) >= 11 is 5.78. The van der Waals surface area contributed by atoms with Crippen LogP contribution >= 0.6 is 11.6 Å². The Morgan fingerprint density at radius 1 is 1.47 bits per heavy atom. The van der Waals surface area contributed by atoms with Crippen molar-refractivity contribution in [3.05, 3.63) is 0 Å². The normalized spacial score (nSPS) is 22.1. The van der Waals surface area contributed by atoms with Crippen LogP contribution in [0.3, 0.4) is 0 Å². The lowest BCUT2D eigenvalue weighted by atomic mass is 9.86. The van der Waals surface area contributed by atoms with E-state index >= 15 is 0 Å². The summed E-state index contributed by atoms with van der Waals surface area (Å²) in [6.07, 6.45) is 1.95. The second-order valence-electron chi connectivity index (χ2n) is 4.84. The molecule has 0 radical (unpaired) electrons. The third-order valence-corrected chi connectivity index (χ3v) is 3.38. The first kappa shape index (κ1) is 14.7. The van der Waals surface area contributed by atoms with Crippen LogP contribution in [0.15, 0.2) is 0 Å². The zero-order valence-electron chi connectivity index (χ0n) is 10.1. The first-order chi connectivity index (χ1) is 7.91. The van der Waals surface area contributed by atoms with Gasteiger partial charge >= 0.3 is 0 Å². The van der Waals surface area contributed by atoms with Crippen molar-refractivity contribution in [3.63, 3.8) is 0 Å². The van der Waals surface area contributed by atoms with Gasteiger partial charge in [-0.05, 0) is 32.6 Å². The van der Waals surface area contributed by atoms with Gasteiger partial charge in [-0.15, -0.1) is 11.6 Å². The van der Waals surface area contributed by atoms with Gasteiger partial charge in [0.05, 0.1) is 0 Å². The summed E-state index contributed by atoms with van der Waals surface area (Å²) in [4.78, 5) is 11.7. The van der Waals surface area contributed by atoms with Crippen molar-refractivity contribution in [2.24, 2.45) is 5.92 Å². The summed E-state index contributed by atoms with van der Waals surface area (Å²) in [5.74, 6) is -2.88. The molecule has 1 atom stereocenters. The van der Waals surface area contributed by atoms with E-state index in [0.29, 0.717) is 19.4 Å². The summed E-state index contributed by atoms with van der Waals surface area (Å²) in [7, 11) is 0. The predicted octanol–water partition coefficient (Wildman–Crippen LogP) is 3.34. The molecule has 0 aromatic carbocycles. The summed E-state index contributed by atoms with van der Waals surface area (Å²) in [6, 6.07) is 0. The fraction of sp³-hybridized carbons (Fsp3) is 0.917. The highest BCUT2D eigenvalue weighted by molar-refractivity contribution is 6.20. The minimum atomic E-state index is -2.56. The van der Waals surface area contributed by atoms with Crippen molar-refractivity contribution in [1.29, 1.82) is 0 Å². The molecule has 0 bridgehead atoms. The lowest BCUT2D eigenvalue weighted by Gasteiger charge is -2.27. The van der Waals surface area contributed by atoms with Gasteiger partial charge in [0.2, 0.25) is 11.8 Å². The Balaban J connectivity index is 2.16. The first-order valence-electron chi connectivity index (χ1n) is 6.20. The van der Waals surface area contributed by atoms with Gasteiger partial charge in [0.1, 0.15) is 0 Å². The van der Waals surface area contributed by atoms with Crippen molar-refractivity contribution in [2.75, 3.05) is 6.54 Å². The van der Waals surface area contributed by atoms with Gasteiger partial charge < -0.3 is 5.32 Å². The van der Waals surface area contributed by atoms with Crippen molar-refractivity contribution in [3.8, 4) is 0 Å². The maximum atomic E-state index is 12.9. The van der Waals surface area contributed by atoms with Gasteiger partial charge in [0, 0.05) is 30.7 Å². The molecule has 5 heteroatoms. The van der Waals surface area contributed by atoms with E-state index in [0.717, 1.165) is 12.8 Å². The van der Waals surface area contributed by atoms with Crippen LogP contribution in [0.2, 0.25) is 0 Å². The minimum Gasteiger partial charge on any atom is -0.356 e. The predicted molar refractivity (Wildman–Crippen MR) is 64.5 cm³/mol. The molecule has 0 spiro atoms. The molecular formula is C12H20ClF2NO. The van der Waals surface area contributed by atoms with Crippen LogP contribution in [0.5, 0.6) is 0 Å². The number of hydrogen-bond acceptors (Lipinski definition) is 1. The molecule has 100 valence electrons. The van der Waals surface area contributed by atoms with E-state index in [4.69, 9.17) is 11.6 Å². The molecule has 1 unspecified atom stereocenters. The Morgan fingerprint density at radius 3 is 2.59 bits per heavy atom. The smallest absolute Gasteiger partial charge is 0.248 e. The van der Waals surface area contributed by atoms with Crippen LogP contribution in [-0.4, -0.2) is 23.8 Å². The van der Waals surface area contributed by atoms with Crippen LogP contribution in [0.1, 0.15) is 45.4 Å². The number of amides is 1. The fourth-order valence-electron chi connectivity index (χ4n) is 2.04. The van der Waals surface area contributed by atoms with Crippen LogP contribution in [0.25, 0.3) is 0 Å². The van der Waals surface area contributed by atoms with E-state index in [-0.39, 0.29) is 30.0 Å². The third kappa shape index (κ3) is 5.66. The minimum absolute atomic E-state index is 0.0808. The molecule has 1 fully saturated rings. The molecule has 0 heterocycles. The van der Waals surface area contributed by atoms with E-state index in [2.05, 4.69) is 5.32 Å². The maximum absolute atomic E-state index is 12.9. The van der Waals surface area contributed by atoms with Crippen molar-refractivity contribution in [2.45, 2.75) is 56.7 Å². The SMILES string of the molecule is CC(Cl)CCCNC(=O)C1CCC(F)(F)CC1. The van der Waals surface area contributed by atoms with E-state index < -0.39 is 5.92 Å². The summed E-state index contributed by atoms with van der Waals surface area (Å²) in [5.41, 5.74) is 0. The first-order valence-corrected chi connectivity index (χ1v) is 6.64. The highest BCUT2D eigenvalue weighted by Gasteiger charge is 2.37. The quantitative estimate of drug-likeness (QED) is 0.601. The molecule has 1 rings (SSSR count). The molecular weight excluding hydrogens is 248 g/mol. The van der Waals surface area contributed by atoms with Crippen molar-refractivity contribution in [1.82, 2.24) is 5.32 Å². The molecule has 0 aromatic rings. The molecule has 1 aliphatic carbocycles. The number of hydrogen-bond donors (Lipinski definition) is 1. The molecule has 17 heavy (non-hydrogen) atoms. The van der Waals surface area contributed by atoms with Crippen LogP contribution in [0.4, 0.5) is 8.78 Å². The lowest BCUT2D eigenvalue weighted by molar-refractivity contribution is -0.129. The number of nitrogens with one attached hydrogen (secondary N) is 1. The molecule has 1 amide bonds. The number of carbonyl (C=O) groups is 1. The largest absolute Gasteiger partial charge is 0.356 e. The zero-order chi connectivity index (χ0) is 12.9. The van der Waals surface area contributed by atoms with Gasteiger partial charge in [0.15, 0.2) is 0 Å². The Labute approximate surface area is 106 Å². The standard InChI is InChI=1S/C12H20ClF2NO/c1-9(13)3-2-8-16-11(17)10-4-6-12(14,15)7-5-10/h9-10H,2-8H2,1H3,(H,16,17). The van der Waals surface area contributed by atoms with Crippen LogP contribution in [0, 0.1) is 5.92 Å². The van der Waals surface area contributed by atoms with E-state index in [1.54, 1.807) is 0 Å². The monoisotopic (exact) mass is 267 g/mol. The molecule has 1 saturated carbocycles. The summed E-state index contributed by atoms with van der Waals surface area (Å²) in [5, 5.41) is 2.90. The van der Waals surface area contributed by atoms with Gasteiger partial charge in [-0.1, -0.05) is 0 Å². The molecule has 0 aromatic heterocycles. The van der Waals surface area contributed by atoms with Crippen LogP contribution < -0.4 is 5.32 Å². The van der Waals surface area contributed by atoms with Crippen molar-refractivity contribution < 1.29 is 13.6 Å². The maximum Gasteiger partial charge on any atom is 0.248 e. The molecule has 2 nitrogen and oxygen atoms in total. The molecule has 0 saturated heterocycles. The number of alkyl halides is 3. The van der Waals surface area contributed by atoms with Gasteiger partial charge in [-0.25, -0.2) is 8.78 Å². The second-order valence-corrected chi connectivity index (χ2v) is 5.59. The van der Waals surface area contributed by atoms with Gasteiger partial charge in [-0.2, -0.15) is 0 Å².